The van der Waals surface area contributed by atoms with Crippen molar-refractivity contribution in [2.75, 3.05) is 7.11 Å². The summed E-state index contributed by atoms with van der Waals surface area (Å²) < 4.78 is 6.52. The number of rotatable bonds is 3. The minimum Gasteiger partial charge on any atom is -0.496 e. The van der Waals surface area contributed by atoms with E-state index in [1.54, 1.807) is 7.11 Å². The van der Waals surface area contributed by atoms with Gasteiger partial charge in [-0.05, 0) is 42.9 Å². The van der Waals surface area contributed by atoms with Crippen LogP contribution in [0, 0.1) is 18.8 Å². The first-order valence-electron chi connectivity index (χ1n) is 5.64. The summed E-state index contributed by atoms with van der Waals surface area (Å²) in [5.74, 6) is 2.27. The van der Waals surface area contributed by atoms with E-state index in [0.29, 0.717) is 5.92 Å². The van der Waals surface area contributed by atoms with Gasteiger partial charge in [0.25, 0.3) is 0 Å². The quantitative estimate of drug-likeness (QED) is 0.923. The van der Waals surface area contributed by atoms with Gasteiger partial charge in [0.1, 0.15) is 5.75 Å². The van der Waals surface area contributed by atoms with E-state index >= 15 is 0 Å². The fourth-order valence-corrected chi connectivity index (χ4v) is 2.55. The molecule has 0 spiro atoms. The zero-order valence-electron chi connectivity index (χ0n) is 9.96. The first-order chi connectivity index (χ1) is 7.54. The summed E-state index contributed by atoms with van der Waals surface area (Å²) in [7, 11) is 1.70. The Morgan fingerprint density at radius 3 is 2.62 bits per heavy atom. The predicted octanol–water partition coefficient (Wildman–Crippen LogP) is 3.42. The largest absolute Gasteiger partial charge is 0.496 e. The molecule has 1 aromatic rings. The zero-order valence-corrected chi connectivity index (χ0v) is 11.5. The maximum atomic E-state index is 6.29. The summed E-state index contributed by atoms with van der Waals surface area (Å²) in [4.78, 5) is 0. The molecular formula is C13H18BrNO. The highest BCUT2D eigenvalue weighted by atomic mass is 79.9. The number of hydrogen-bond donors (Lipinski definition) is 1. The summed E-state index contributed by atoms with van der Waals surface area (Å²) in [5.41, 5.74) is 8.58. The lowest BCUT2D eigenvalue weighted by atomic mass is 10.00. The molecule has 0 amide bonds. The van der Waals surface area contributed by atoms with Crippen molar-refractivity contribution in [2.24, 2.45) is 17.6 Å². The summed E-state index contributed by atoms with van der Waals surface area (Å²) in [6.07, 6.45) is 1.23. The van der Waals surface area contributed by atoms with E-state index in [0.717, 1.165) is 21.7 Å². The first-order valence-corrected chi connectivity index (χ1v) is 6.43. The number of methoxy groups -OCH3 is 1. The van der Waals surface area contributed by atoms with Crippen LogP contribution in [0.3, 0.4) is 0 Å². The van der Waals surface area contributed by atoms with Crippen molar-refractivity contribution in [1.29, 1.82) is 0 Å². The molecule has 1 aliphatic rings. The van der Waals surface area contributed by atoms with Crippen molar-refractivity contribution in [3.05, 3.63) is 27.7 Å². The lowest BCUT2D eigenvalue weighted by Gasteiger charge is -2.17. The third-order valence-corrected chi connectivity index (χ3v) is 4.36. The second-order valence-electron chi connectivity index (χ2n) is 4.75. The fourth-order valence-electron chi connectivity index (χ4n) is 2.19. The van der Waals surface area contributed by atoms with Crippen LogP contribution < -0.4 is 10.5 Å². The van der Waals surface area contributed by atoms with E-state index in [1.165, 1.54) is 12.0 Å². The van der Waals surface area contributed by atoms with Crippen molar-refractivity contribution in [1.82, 2.24) is 0 Å². The molecule has 0 saturated heterocycles. The number of hydrogen-bond acceptors (Lipinski definition) is 2. The average molecular weight is 284 g/mol. The Balaban J connectivity index is 2.35. The minimum absolute atomic E-state index is 0.0989. The van der Waals surface area contributed by atoms with Gasteiger partial charge in [0.15, 0.2) is 0 Å². The standard InChI is InChI=1S/C13H18BrNO/c1-7-4-9(7)13(15)10-6-11(14)8(2)5-12(10)16-3/h5-7,9,13H,4,15H2,1-3H3. The van der Waals surface area contributed by atoms with Crippen LogP contribution in [0.2, 0.25) is 0 Å². The Hall–Kier alpha value is -0.540. The van der Waals surface area contributed by atoms with Gasteiger partial charge >= 0.3 is 0 Å². The summed E-state index contributed by atoms with van der Waals surface area (Å²) in [5, 5.41) is 0. The van der Waals surface area contributed by atoms with Crippen LogP contribution in [-0.2, 0) is 0 Å². The molecule has 2 nitrogen and oxygen atoms in total. The van der Waals surface area contributed by atoms with Crippen LogP contribution in [0.25, 0.3) is 0 Å². The molecule has 2 rings (SSSR count). The Kier molecular flexibility index (Phi) is 3.27. The highest BCUT2D eigenvalue weighted by molar-refractivity contribution is 9.10. The van der Waals surface area contributed by atoms with Gasteiger partial charge in [0, 0.05) is 16.1 Å². The SMILES string of the molecule is COc1cc(C)c(Br)cc1C(N)C1CC1C. The molecule has 3 atom stereocenters. The van der Waals surface area contributed by atoms with Gasteiger partial charge in [-0.3, -0.25) is 0 Å². The van der Waals surface area contributed by atoms with Crippen LogP contribution in [-0.4, -0.2) is 7.11 Å². The number of nitrogens with two attached hydrogens (primary N) is 1. The molecule has 88 valence electrons. The van der Waals surface area contributed by atoms with Gasteiger partial charge in [-0.25, -0.2) is 0 Å². The van der Waals surface area contributed by atoms with E-state index in [9.17, 15) is 0 Å². The molecule has 3 unspecified atom stereocenters. The van der Waals surface area contributed by atoms with Gasteiger partial charge in [0.05, 0.1) is 7.11 Å². The topological polar surface area (TPSA) is 35.2 Å². The Morgan fingerprint density at radius 2 is 2.12 bits per heavy atom. The van der Waals surface area contributed by atoms with Crippen LogP contribution >= 0.6 is 15.9 Å². The Morgan fingerprint density at radius 1 is 1.50 bits per heavy atom. The number of benzene rings is 1. The van der Waals surface area contributed by atoms with Crippen molar-refractivity contribution < 1.29 is 4.74 Å². The maximum absolute atomic E-state index is 6.29. The molecule has 1 aliphatic carbocycles. The molecule has 0 radical (unpaired) electrons. The molecule has 2 N–H and O–H groups in total. The van der Waals surface area contributed by atoms with Crippen molar-refractivity contribution in [3.63, 3.8) is 0 Å². The van der Waals surface area contributed by atoms with Crippen LogP contribution in [0.1, 0.15) is 30.5 Å². The Bertz CT molecular complexity index is 405. The molecule has 1 saturated carbocycles. The smallest absolute Gasteiger partial charge is 0.123 e. The number of ether oxygens (including phenoxy) is 1. The van der Waals surface area contributed by atoms with Gasteiger partial charge in [0.2, 0.25) is 0 Å². The molecule has 0 aliphatic heterocycles. The molecule has 3 heteroatoms. The fraction of sp³-hybridized carbons (Fsp3) is 0.538. The Labute approximate surface area is 105 Å². The van der Waals surface area contributed by atoms with E-state index in [4.69, 9.17) is 10.5 Å². The summed E-state index contributed by atoms with van der Waals surface area (Å²) >= 11 is 3.55. The first kappa shape index (κ1) is 11.9. The zero-order chi connectivity index (χ0) is 11.9. The predicted molar refractivity (Wildman–Crippen MR) is 69.6 cm³/mol. The van der Waals surface area contributed by atoms with Gasteiger partial charge in [-0.15, -0.1) is 0 Å². The lowest BCUT2D eigenvalue weighted by Crippen LogP contribution is -2.14. The van der Waals surface area contributed by atoms with Gasteiger partial charge < -0.3 is 10.5 Å². The summed E-state index contributed by atoms with van der Waals surface area (Å²) in [6, 6.07) is 4.25. The van der Waals surface area contributed by atoms with Gasteiger partial charge in [-0.1, -0.05) is 22.9 Å². The average Bonchev–Trinajstić information content (AvgIpc) is 2.98. The number of aryl methyl sites for hydroxylation is 1. The van der Waals surface area contributed by atoms with E-state index in [-0.39, 0.29) is 6.04 Å². The van der Waals surface area contributed by atoms with Crippen LogP contribution in [0.4, 0.5) is 0 Å². The monoisotopic (exact) mass is 283 g/mol. The minimum atomic E-state index is 0.0989. The van der Waals surface area contributed by atoms with E-state index in [2.05, 4.69) is 35.8 Å². The second kappa shape index (κ2) is 4.38. The van der Waals surface area contributed by atoms with Crippen molar-refractivity contribution >= 4 is 15.9 Å². The molecule has 1 fully saturated rings. The summed E-state index contributed by atoms with van der Waals surface area (Å²) in [6.45, 7) is 4.31. The van der Waals surface area contributed by atoms with Crippen molar-refractivity contribution in [3.8, 4) is 5.75 Å². The molecule has 0 heterocycles. The molecule has 16 heavy (non-hydrogen) atoms. The highest BCUT2D eigenvalue weighted by Crippen LogP contribution is 2.48. The second-order valence-corrected chi connectivity index (χ2v) is 5.60. The third-order valence-electron chi connectivity index (χ3n) is 3.50. The van der Waals surface area contributed by atoms with E-state index < -0.39 is 0 Å². The normalized spacial score (nSPS) is 25.3. The third kappa shape index (κ3) is 2.11. The van der Waals surface area contributed by atoms with Crippen LogP contribution in [0.5, 0.6) is 5.75 Å². The highest BCUT2D eigenvalue weighted by Gasteiger charge is 2.39. The lowest BCUT2D eigenvalue weighted by molar-refractivity contribution is 0.401. The molecule has 0 bridgehead atoms. The molecule has 0 aromatic heterocycles. The van der Waals surface area contributed by atoms with E-state index in [1.807, 2.05) is 6.07 Å². The molecular weight excluding hydrogens is 266 g/mol. The maximum Gasteiger partial charge on any atom is 0.123 e. The van der Waals surface area contributed by atoms with Gasteiger partial charge in [-0.2, -0.15) is 0 Å². The molecule has 1 aromatic carbocycles. The van der Waals surface area contributed by atoms with Crippen molar-refractivity contribution in [2.45, 2.75) is 26.3 Å². The number of halogens is 1. The van der Waals surface area contributed by atoms with Crippen LogP contribution in [0.15, 0.2) is 16.6 Å².